The maximum absolute atomic E-state index is 14.1. The highest BCUT2D eigenvalue weighted by atomic mass is 32.2. The molecule has 2 amide bonds. The van der Waals surface area contributed by atoms with Crippen LogP contribution in [0.25, 0.3) is 0 Å². The molecule has 122 valence electrons. The van der Waals surface area contributed by atoms with Gasteiger partial charge in [-0.15, -0.1) is 11.8 Å². The summed E-state index contributed by atoms with van der Waals surface area (Å²) < 4.78 is 14.1. The molecule has 2 heterocycles. The van der Waals surface area contributed by atoms with Gasteiger partial charge >= 0.3 is 5.97 Å². The molecule has 1 aromatic rings. The van der Waals surface area contributed by atoms with Gasteiger partial charge in [-0.05, 0) is 12.1 Å². The van der Waals surface area contributed by atoms with Crippen LogP contribution in [-0.4, -0.2) is 58.8 Å². The highest BCUT2D eigenvalue weighted by molar-refractivity contribution is 8.00. The highest BCUT2D eigenvalue weighted by Crippen LogP contribution is 2.35. The first-order valence-electron chi connectivity index (χ1n) is 7.13. The molecule has 2 aliphatic rings. The highest BCUT2D eigenvalue weighted by Gasteiger charge is 2.47. The van der Waals surface area contributed by atoms with Gasteiger partial charge in [-0.2, -0.15) is 0 Å². The third kappa shape index (κ3) is 2.90. The van der Waals surface area contributed by atoms with Crippen LogP contribution in [0.3, 0.4) is 0 Å². The van der Waals surface area contributed by atoms with Crippen molar-refractivity contribution in [3.63, 3.8) is 0 Å². The predicted molar refractivity (Wildman–Crippen MR) is 82.2 cm³/mol. The maximum atomic E-state index is 14.1. The van der Waals surface area contributed by atoms with Gasteiger partial charge in [-0.1, -0.05) is 12.1 Å². The van der Waals surface area contributed by atoms with Crippen LogP contribution in [0, 0.1) is 0 Å². The lowest BCUT2D eigenvalue weighted by Crippen LogP contribution is -2.46. The molecule has 1 atom stereocenters. The molecule has 23 heavy (non-hydrogen) atoms. The summed E-state index contributed by atoms with van der Waals surface area (Å²) in [4.78, 5) is 38.8. The van der Waals surface area contributed by atoms with Crippen molar-refractivity contribution in [2.45, 2.75) is 17.0 Å². The van der Waals surface area contributed by atoms with E-state index >= 15 is 0 Å². The Morgan fingerprint density at radius 1 is 1.35 bits per heavy atom. The molecule has 8 heteroatoms. The molecule has 0 aromatic heterocycles. The third-order valence-corrected chi connectivity index (χ3v) is 5.10. The van der Waals surface area contributed by atoms with Crippen molar-refractivity contribution in [3.05, 3.63) is 24.3 Å². The van der Waals surface area contributed by atoms with Gasteiger partial charge in [0.1, 0.15) is 6.54 Å². The number of thioether (sulfide) groups is 1. The summed E-state index contributed by atoms with van der Waals surface area (Å²) in [5.41, 5.74) is -1.74. The number of fused-ring (bicyclic) bond motifs is 1. The molecule has 0 spiro atoms. The molecule has 1 N–H and O–H groups in total. The number of carbonyl (C=O) groups excluding carboxylic acids is 2. The zero-order valence-corrected chi connectivity index (χ0v) is 13.0. The summed E-state index contributed by atoms with van der Waals surface area (Å²) in [6, 6.07) is 7.26. The number of alkyl halides is 1. The first kappa shape index (κ1) is 15.8. The van der Waals surface area contributed by atoms with Gasteiger partial charge < -0.3 is 14.9 Å². The van der Waals surface area contributed by atoms with Crippen LogP contribution in [-0.2, 0) is 14.4 Å². The molecule has 0 saturated carbocycles. The lowest BCUT2D eigenvalue weighted by molar-refractivity contribution is -0.150. The summed E-state index contributed by atoms with van der Waals surface area (Å²) in [6.07, 6.45) is -0.228. The van der Waals surface area contributed by atoms with E-state index in [1.54, 1.807) is 12.1 Å². The van der Waals surface area contributed by atoms with Gasteiger partial charge in [-0.3, -0.25) is 9.59 Å². The van der Waals surface area contributed by atoms with Crippen molar-refractivity contribution >= 4 is 35.2 Å². The fourth-order valence-corrected chi connectivity index (χ4v) is 3.66. The minimum Gasteiger partial charge on any atom is -0.479 e. The average molecular weight is 338 g/mol. The van der Waals surface area contributed by atoms with Crippen LogP contribution in [0.15, 0.2) is 29.2 Å². The average Bonchev–Trinajstić information content (AvgIpc) is 2.94. The third-order valence-electron chi connectivity index (χ3n) is 4.06. The molecular weight excluding hydrogens is 323 g/mol. The predicted octanol–water partition coefficient (Wildman–Crippen LogP) is 1.15. The Hall–Kier alpha value is -2.09. The van der Waals surface area contributed by atoms with Crippen LogP contribution in [0.1, 0.15) is 6.42 Å². The fraction of sp³-hybridized carbons (Fsp3) is 0.400. The lowest BCUT2D eigenvalue weighted by atomic mass is 10.1. The summed E-state index contributed by atoms with van der Waals surface area (Å²) >= 11 is 1.41. The van der Waals surface area contributed by atoms with Crippen LogP contribution in [0.5, 0.6) is 0 Å². The number of likely N-dealkylation sites (tertiary alicyclic amines) is 1. The molecular formula is C15H15FN2O4S. The normalized spacial score (nSPS) is 23.8. The number of amides is 2. The van der Waals surface area contributed by atoms with Crippen molar-refractivity contribution in [2.24, 2.45) is 0 Å². The van der Waals surface area contributed by atoms with Crippen molar-refractivity contribution in [2.75, 3.05) is 30.3 Å². The minimum atomic E-state index is -2.39. The van der Waals surface area contributed by atoms with Crippen LogP contribution < -0.4 is 4.90 Å². The Balaban J connectivity index is 1.74. The Morgan fingerprint density at radius 2 is 2.09 bits per heavy atom. The first-order valence-corrected chi connectivity index (χ1v) is 8.11. The quantitative estimate of drug-likeness (QED) is 0.895. The number of carbonyl (C=O) groups is 3. The van der Waals surface area contributed by atoms with E-state index in [1.807, 2.05) is 12.1 Å². The summed E-state index contributed by atoms with van der Waals surface area (Å²) in [7, 11) is 0. The second-order valence-electron chi connectivity index (χ2n) is 5.57. The smallest absolute Gasteiger partial charge is 0.343 e. The van der Waals surface area contributed by atoms with E-state index in [9.17, 15) is 18.8 Å². The number of carboxylic acids is 1. The summed E-state index contributed by atoms with van der Waals surface area (Å²) in [6.45, 7) is -0.633. The maximum Gasteiger partial charge on any atom is 0.343 e. The Kier molecular flexibility index (Phi) is 4.01. The van der Waals surface area contributed by atoms with Crippen molar-refractivity contribution < 1.29 is 23.9 Å². The Bertz CT molecular complexity index is 683. The van der Waals surface area contributed by atoms with E-state index in [0.29, 0.717) is 5.69 Å². The Labute approximate surface area is 136 Å². The second-order valence-corrected chi connectivity index (χ2v) is 6.59. The number of carboxylic acid groups (broad SMARTS) is 1. The monoisotopic (exact) mass is 338 g/mol. The van der Waals surface area contributed by atoms with E-state index in [4.69, 9.17) is 5.11 Å². The number of halogens is 1. The molecule has 1 saturated heterocycles. The molecule has 1 fully saturated rings. The molecule has 1 aromatic carbocycles. The number of benzene rings is 1. The fourth-order valence-electron chi connectivity index (χ4n) is 2.72. The van der Waals surface area contributed by atoms with Crippen molar-refractivity contribution in [3.8, 4) is 0 Å². The number of hydrogen-bond donors (Lipinski definition) is 1. The van der Waals surface area contributed by atoms with E-state index in [2.05, 4.69) is 0 Å². The number of anilines is 1. The SMILES string of the molecule is O=C(CN1C(=O)CSc2ccccc21)N1CCC(F)(C(=O)O)C1. The summed E-state index contributed by atoms with van der Waals surface area (Å²) in [5.74, 6) is -1.94. The van der Waals surface area contributed by atoms with Crippen LogP contribution in [0.2, 0.25) is 0 Å². The topological polar surface area (TPSA) is 77.9 Å². The number of hydrogen-bond acceptors (Lipinski definition) is 4. The zero-order valence-electron chi connectivity index (χ0n) is 12.2. The zero-order chi connectivity index (χ0) is 16.6. The molecule has 1 unspecified atom stereocenters. The van der Waals surface area contributed by atoms with Gasteiger partial charge in [0, 0.05) is 17.9 Å². The van der Waals surface area contributed by atoms with E-state index in [-0.39, 0.29) is 31.2 Å². The van der Waals surface area contributed by atoms with Gasteiger partial charge in [0.15, 0.2) is 0 Å². The lowest BCUT2D eigenvalue weighted by Gasteiger charge is -2.30. The second kappa shape index (κ2) is 5.84. The van der Waals surface area contributed by atoms with Crippen molar-refractivity contribution in [1.82, 2.24) is 4.90 Å². The van der Waals surface area contributed by atoms with Crippen molar-refractivity contribution in [1.29, 1.82) is 0 Å². The van der Waals surface area contributed by atoms with Crippen LogP contribution in [0.4, 0.5) is 10.1 Å². The molecule has 0 aliphatic carbocycles. The molecule has 2 aliphatic heterocycles. The van der Waals surface area contributed by atoms with Gasteiger partial charge in [0.25, 0.3) is 0 Å². The molecule has 6 nitrogen and oxygen atoms in total. The van der Waals surface area contributed by atoms with E-state index < -0.39 is 24.1 Å². The molecule has 3 rings (SSSR count). The van der Waals surface area contributed by atoms with E-state index in [1.165, 1.54) is 21.6 Å². The number of aliphatic carboxylic acids is 1. The van der Waals surface area contributed by atoms with E-state index in [0.717, 1.165) is 4.90 Å². The van der Waals surface area contributed by atoms with Crippen LogP contribution >= 0.6 is 11.8 Å². The number of nitrogens with zero attached hydrogens (tertiary/aromatic N) is 2. The minimum absolute atomic E-state index is 0.0417. The number of rotatable bonds is 3. The number of para-hydroxylation sites is 1. The molecule has 0 radical (unpaired) electrons. The standard InChI is InChI=1S/C15H15FN2O4S/c16-15(14(21)22)5-6-17(9-15)12(19)7-18-10-3-1-2-4-11(10)23-8-13(18)20/h1-4H,5-9H2,(H,21,22). The van der Waals surface area contributed by atoms with Gasteiger partial charge in [-0.25, -0.2) is 9.18 Å². The summed E-state index contributed by atoms with van der Waals surface area (Å²) in [5, 5.41) is 8.89. The largest absolute Gasteiger partial charge is 0.479 e. The first-order chi connectivity index (χ1) is 10.9. The van der Waals surface area contributed by atoms with Gasteiger partial charge in [0.05, 0.1) is 18.0 Å². The molecule has 0 bridgehead atoms. The van der Waals surface area contributed by atoms with Gasteiger partial charge in [0.2, 0.25) is 17.5 Å². The Morgan fingerprint density at radius 3 is 2.78 bits per heavy atom.